The van der Waals surface area contributed by atoms with Crippen LogP contribution >= 0.6 is 11.6 Å². The second-order valence-corrected chi connectivity index (χ2v) is 7.25. The van der Waals surface area contributed by atoms with Gasteiger partial charge in [-0.2, -0.15) is 4.31 Å². The average Bonchev–Trinajstić information content (AvgIpc) is 3.20. The number of rotatable bonds is 6. The van der Waals surface area contributed by atoms with Gasteiger partial charge in [0.15, 0.2) is 0 Å². The normalized spacial score (nSPS) is 15.8. The highest BCUT2D eigenvalue weighted by Gasteiger charge is 2.38. The second kappa shape index (κ2) is 5.89. The molecule has 0 heterocycles. The number of sulfonamides is 1. The first-order valence-electron chi connectivity index (χ1n) is 6.44. The van der Waals surface area contributed by atoms with Crippen LogP contribution in [0.1, 0.15) is 18.4 Å². The molecule has 0 unspecified atom stereocenters. The summed E-state index contributed by atoms with van der Waals surface area (Å²) < 4.78 is 31.9. The van der Waals surface area contributed by atoms with Crippen LogP contribution in [0.4, 0.5) is 5.69 Å². The molecule has 0 bridgehead atoms. The standard InChI is InChI=1S/C13H19ClN2O3S/c1-9-7-11(8-12(15)13(9)14)20(17,18)16(5-6-19-2)10-3-4-10/h7-8,10H,3-6,15H2,1-2H3. The summed E-state index contributed by atoms with van der Waals surface area (Å²) in [5.41, 5.74) is 6.72. The molecule has 1 fully saturated rings. The Morgan fingerprint density at radius 2 is 2.10 bits per heavy atom. The van der Waals surface area contributed by atoms with Gasteiger partial charge in [0.05, 0.1) is 22.2 Å². The lowest BCUT2D eigenvalue weighted by atomic mass is 10.2. The zero-order valence-corrected chi connectivity index (χ0v) is 13.2. The van der Waals surface area contributed by atoms with Gasteiger partial charge in [0.2, 0.25) is 10.0 Å². The van der Waals surface area contributed by atoms with Gasteiger partial charge in [-0.1, -0.05) is 11.6 Å². The molecular weight excluding hydrogens is 300 g/mol. The fraction of sp³-hybridized carbons (Fsp3) is 0.538. The van der Waals surface area contributed by atoms with Crippen molar-refractivity contribution in [3.05, 3.63) is 22.7 Å². The minimum Gasteiger partial charge on any atom is -0.397 e. The van der Waals surface area contributed by atoms with Gasteiger partial charge >= 0.3 is 0 Å². The predicted molar refractivity (Wildman–Crippen MR) is 79.4 cm³/mol. The molecular formula is C13H19ClN2O3S. The average molecular weight is 319 g/mol. The van der Waals surface area contributed by atoms with E-state index in [0.29, 0.717) is 23.7 Å². The van der Waals surface area contributed by atoms with Crippen molar-refractivity contribution in [1.82, 2.24) is 4.31 Å². The summed E-state index contributed by atoms with van der Waals surface area (Å²) in [5, 5.41) is 0.402. The van der Waals surface area contributed by atoms with Crippen LogP contribution in [0.15, 0.2) is 17.0 Å². The van der Waals surface area contributed by atoms with Crippen molar-refractivity contribution in [2.45, 2.75) is 30.7 Å². The van der Waals surface area contributed by atoms with Crippen molar-refractivity contribution in [2.24, 2.45) is 0 Å². The molecule has 5 nitrogen and oxygen atoms in total. The molecule has 1 aliphatic carbocycles. The number of anilines is 1. The number of benzene rings is 1. The van der Waals surface area contributed by atoms with Gasteiger partial charge in [0.25, 0.3) is 0 Å². The molecule has 0 saturated heterocycles. The third kappa shape index (κ3) is 3.09. The number of aryl methyl sites for hydroxylation is 1. The molecule has 0 spiro atoms. The van der Waals surface area contributed by atoms with Gasteiger partial charge < -0.3 is 10.5 Å². The van der Waals surface area contributed by atoms with Crippen molar-refractivity contribution in [1.29, 1.82) is 0 Å². The molecule has 1 saturated carbocycles. The van der Waals surface area contributed by atoms with E-state index in [2.05, 4.69) is 0 Å². The van der Waals surface area contributed by atoms with E-state index in [-0.39, 0.29) is 16.6 Å². The van der Waals surface area contributed by atoms with Crippen molar-refractivity contribution < 1.29 is 13.2 Å². The number of hydrogen-bond acceptors (Lipinski definition) is 4. The third-order valence-electron chi connectivity index (χ3n) is 3.33. The Labute approximate surface area is 124 Å². The van der Waals surface area contributed by atoms with Crippen molar-refractivity contribution >= 4 is 27.3 Å². The fourth-order valence-electron chi connectivity index (χ4n) is 2.09. The molecule has 1 aliphatic rings. The van der Waals surface area contributed by atoms with Gasteiger partial charge in [-0.25, -0.2) is 8.42 Å². The molecule has 2 rings (SSSR count). The molecule has 1 aromatic carbocycles. The van der Waals surface area contributed by atoms with Crippen LogP contribution in [-0.2, 0) is 14.8 Å². The predicted octanol–water partition coefficient (Wildman–Crippen LogP) is 2.03. The van der Waals surface area contributed by atoms with Crippen LogP contribution in [0, 0.1) is 6.92 Å². The number of methoxy groups -OCH3 is 1. The van der Waals surface area contributed by atoms with Crippen LogP contribution in [0.25, 0.3) is 0 Å². The summed E-state index contributed by atoms with van der Waals surface area (Å²) in [7, 11) is -2.00. The van der Waals surface area contributed by atoms with Crippen LogP contribution < -0.4 is 5.73 Å². The maximum Gasteiger partial charge on any atom is 0.243 e. The van der Waals surface area contributed by atoms with E-state index in [1.165, 1.54) is 10.4 Å². The number of nitrogen functional groups attached to an aromatic ring is 1. The molecule has 0 amide bonds. The zero-order chi connectivity index (χ0) is 14.9. The Bertz CT molecular complexity index is 577. The lowest BCUT2D eigenvalue weighted by molar-refractivity contribution is 0.177. The van der Waals surface area contributed by atoms with E-state index >= 15 is 0 Å². The Hall–Kier alpha value is -0.820. The minimum atomic E-state index is -3.56. The molecule has 0 aromatic heterocycles. The highest BCUT2D eigenvalue weighted by molar-refractivity contribution is 7.89. The van der Waals surface area contributed by atoms with Crippen LogP contribution in [-0.4, -0.2) is 39.0 Å². The van der Waals surface area contributed by atoms with Gasteiger partial charge in [0.1, 0.15) is 0 Å². The van der Waals surface area contributed by atoms with Crippen LogP contribution in [0.5, 0.6) is 0 Å². The molecule has 2 N–H and O–H groups in total. The minimum absolute atomic E-state index is 0.0763. The van der Waals surface area contributed by atoms with Gasteiger partial charge in [-0.15, -0.1) is 0 Å². The number of hydrogen-bond donors (Lipinski definition) is 1. The highest BCUT2D eigenvalue weighted by Crippen LogP contribution is 2.34. The highest BCUT2D eigenvalue weighted by atomic mass is 35.5. The van der Waals surface area contributed by atoms with Crippen molar-refractivity contribution in [2.75, 3.05) is 26.0 Å². The molecule has 20 heavy (non-hydrogen) atoms. The zero-order valence-electron chi connectivity index (χ0n) is 11.6. The summed E-state index contributed by atoms with van der Waals surface area (Å²) in [4.78, 5) is 0.194. The Kier molecular flexibility index (Phi) is 4.59. The topological polar surface area (TPSA) is 72.6 Å². The molecule has 0 atom stereocenters. The van der Waals surface area contributed by atoms with E-state index in [0.717, 1.165) is 12.8 Å². The quantitative estimate of drug-likeness (QED) is 0.815. The lowest BCUT2D eigenvalue weighted by Crippen LogP contribution is -2.35. The number of halogens is 1. The van der Waals surface area contributed by atoms with Crippen molar-refractivity contribution in [3.63, 3.8) is 0 Å². The van der Waals surface area contributed by atoms with Gasteiger partial charge in [-0.3, -0.25) is 0 Å². The number of nitrogens with zero attached hydrogens (tertiary/aromatic N) is 1. The Morgan fingerprint density at radius 1 is 1.45 bits per heavy atom. The summed E-state index contributed by atoms with van der Waals surface area (Å²) in [6, 6.07) is 3.07. The largest absolute Gasteiger partial charge is 0.397 e. The first-order valence-corrected chi connectivity index (χ1v) is 8.26. The molecule has 112 valence electrons. The SMILES string of the molecule is COCCN(C1CC1)S(=O)(=O)c1cc(C)c(Cl)c(N)c1. The van der Waals surface area contributed by atoms with E-state index < -0.39 is 10.0 Å². The maximum absolute atomic E-state index is 12.7. The Morgan fingerprint density at radius 3 is 2.60 bits per heavy atom. The van der Waals surface area contributed by atoms with E-state index in [4.69, 9.17) is 22.1 Å². The first-order chi connectivity index (χ1) is 9.37. The lowest BCUT2D eigenvalue weighted by Gasteiger charge is -2.22. The monoisotopic (exact) mass is 318 g/mol. The third-order valence-corrected chi connectivity index (χ3v) is 5.78. The smallest absolute Gasteiger partial charge is 0.243 e. The van der Waals surface area contributed by atoms with Crippen molar-refractivity contribution in [3.8, 4) is 0 Å². The second-order valence-electron chi connectivity index (χ2n) is 4.98. The number of ether oxygens (including phenoxy) is 1. The summed E-state index contributed by atoms with van der Waals surface area (Å²) in [5.74, 6) is 0. The molecule has 0 aliphatic heterocycles. The van der Waals surface area contributed by atoms with Crippen LogP contribution in [0.3, 0.4) is 0 Å². The summed E-state index contributed by atoms with van der Waals surface area (Å²) >= 11 is 5.98. The molecule has 0 radical (unpaired) electrons. The number of nitrogens with two attached hydrogens (primary N) is 1. The van der Waals surface area contributed by atoms with Gasteiger partial charge in [0, 0.05) is 19.7 Å². The summed E-state index contributed by atoms with van der Waals surface area (Å²) in [6.07, 6.45) is 1.79. The summed E-state index contributed by atoms with van der Waals surface area (Å²) in [6.45, 7) is 2.47. The molecule has 1 aromatic rings. The Balaban J connectivity index is 2.37. The van der Waals surface area contributed by atoms with E-state index in [1.807, 2.05) is 0 Å². The first kappa shape index (κ1) is 15.6. The molecule has 7 heteroatoms. The van der Waals surface area contributed by atoms with Crippen LogP contribution in [0.2, 0.25) is 5.02 Å². The van der Waals surface area contributed by atoms with Gasteiger partial charge in [-0.05, 0) is 37.5 Å². The maximum atomic E-state index is 12.7. The van der Waals surface area contributed by atoms with E-state index in [9.17, 15) is 8.42 Å². The fourth-order valence-corrected chi connectivity index (χ4v) is 3.99. The van der Waals surface area contributed by atoms with E-state index in [1.54, 1.807) is 20.1 Å².